The molecule has 1 amide bonds. The molecule has 0 bridgehead atoms. The van der Waals surface area contributed by atoms with E-state index in [0.29, 0.717) is 6.07 Å². The second kappa shape index (κ2) is 7.43. The zero-order valence-electron chi connectivity index (χ0n) is 12.4. The van der Waals surface area contributed by atoms with Crippen LogP contribution in [-0.2, 0) is 11.0 Å². The van der Waals surface area contributed by atoms with Crippen molar-refractivity contribution in [2.75, 3.05) is 11.9 Å². The summed E-state index contributed by atoms with van der Waals surface area (Å²) >= 11 is 5.82. The molecule has 0 unspecified atom stereocenters. The molecule has 0 heterocycles. The number of anilines is 1. The zero-order chi connectivity index (χ0) is 18.6. The quantitative estimate of drug-likeness (QED) is 0.828. The summed E-state index contributed by atoms with van der Waals surface area (Å²) in [6, 6.07) is 7.93. The molecule has 2 N–H and O–H groups in total. The first-order valence-electron chi connectivity index (χ1n) is 6.79. The van der Waals surface area contributed by atoms with Crippen LogP contribution in [0.25, 0.3) is 0 Å². The van der Waals surface area contributed by atoms with Gasteiger partial charge in [0.1, 0.15) is 5.75 Å². The van der Waals surface area contributed by atoms with Crippen LogP contribution in [0.15, 0.2) is 42.5 Å². The molecule has 5 nitrogen and oxygen atoms in total. The highest BCUT2D eigenvalue weighted by atomic mass is 35.5. The highest BCUT2D eigenvalue weighted by Crippen LogP contribution is 2.31. The van der Waals surface area contributed by atoms with Crippen molar-refractivity contribution in [3.8, 4) is 5.75 Å². The van der Waals surface area contributed by atoms with E-state index >= 15 is 0 Å². The third-order valence-corrected chi connectivity index (χ3v) is 3.23. The molecule has 0 atom stereocenters. The summed E-state index contributed by atoms with van der Waals surface area (Å²) in [5, 5.41) is 11.2. The second-order valence-corrected chi connectivity index (χ2v) is 5.29. The van der Waals surface area contributed by atoms with E-state index in [-0.39, 0.29) is 22.0 Å². The van der Waals surface area contributed by atoms with Crippen molar-refractivity contribution in [1.29, 1.82) is 0 Å². The maximum absolute atomic E-state index is 12.7. The first kappa shape index (κ1) is 18.6. The number of carbonyl (C=O) groups excluding carboxylic acids is 1. The largest absolute Gasteiger partial charge is 0.480 e. The molecule has 132 valence electrons. The molecule has 0 saturated heterocycles. The summed E-state index contributed by atoms with van der Waals surface area (Å²) < 4.78 is 43.2. The van der Waals surface area contributed by atoms with Gasteiger partial charge in [0.25, 0.3) is 5.91 Å². The van der Waals surface area contributed by atoms with Gasteiger partial charge in [0, 0.05) is 10.6 Å². The minimum atomic E-state index is -4.58. The third kappa shape index (κ3) is 5.12. The third-order valence-electron chi connectivity index (χ3n) is 2.99. The number of hydrogen-bond acceptors (Lipinski definition) is 3. The van der Waals surface area contributed by atoms with Crippen molar-refractivity contribution in [2.24, 2.45) is 0 Å². The number of amides is 1. The van der Waals surface area contributed by atoms with Gasteiger partial charge in [0.2, 0.25) is 0 Å². The number of hydrogen-bond donors (Lipinski definition) is 2. The van der Waals surface area contributed by atoms with Crippen molar-refractivity contribution in [1.82, 2.24) is 0 Å². The Labute approximate surface area is 145 Å². The van der Waals surface area contributed by atoms with Crippen LogP contribution < -0.4 is 10.1 Å². The molecule has 0 aromatic heterocycles. The van der Waals surface area contributed by atoms with Crippen molar-refractivity contribution in [2.45, 2.75) is 6.18 Å². The summed E-state index contributed by atoms with van der Waals surface area (Å²) in [7, 11) is 0. The number of ether oxygens (including phenoxy) is 1. The van der Waals surface area contributed by atoms with Crippen LogP contribution in [-0.4, -0.2) is 23.6 Å². The van der Waals surface area contributed by atoms with Crippen molar-refractivity contribution in [3.63, 3.8) is 0 Å². The molecular formula is C16H11ClF3NO4. The Morgan fingerprint density at radius 1 is 1.16 bits per heavy atom. The normalized spacial score (nSPS) is 11.0. The Hall–Kier alpha value is -2.74. The number of carboxylic acids is 1. The van der Waals surface area contributed by atoms with Gasteiger partial charge in [0.15, 0.2) is 6.61 Å². The van der Waals surface area contributed by atoms with E-state index in [0.717, 1.165) is 12.1 Å². The number of nitrogens with one attached hydrogen (secondary N) is 1. The lowest BCUT2D eigenvalue weighted by Crippen LogP contribution is -2.16. The van der Waals surface area contributed by atoms with Crippen LogP contribution in [0, 0.1) is 0 Å². The van der Waals surface area contributed by atoms with Gasteiger partial charge in [0.05, 0.1) is 11.3 Å². The van der Waals surface area contributed by atoms with E-state index in [1.807, 2.05) is 0 Å². The van der Waals surface area contributed by atoms with Crippen molar-refractivity contribution >= 4 is 29.2 Å². The molecule has 0 aliphatic carbocycles. The smallest absolute Gasteiger partial charge is 0.416 e. The number of halogens is 4. The number of aliphatic carboxylic acids is 1. The van der Waals surface area contributed by atoms with Crippen molar-refractivity contribution in [3.05, 3.63) is 58.6 Å². The summed E-state index contributed by atoms with van der Waals surface area (Å²) in [4.78, 5) is 22.8. The van der Waals surface area contributed by atoms with E-state index in [4.69, 9.17) is 21.4 Å². The summed E-state index contributed by atoms with van der Waals surface area (Å²) in [6.45, 7) is -0.659. The number of rotatable bonds is 5. The molecule has 0 radical (unpaired) electrons. The zero-order valence-corrected chi connectivity index (χ0v) is 13.2. The maximum atomic E-state index is 12.7. The number of carbonyl (C=O) groups is 2. The standard InChI is InChI=1S/C16H11ClF3NO4/c17-11-4-5-13(25-8-14(22)23)12(7-11)21-15(24)9-2-1-3-10(6-9)16(18,19)20/h1-7H,8H2,(H,21,24)(H,22,23). The molecule has 9 heteroatoms. The average molecular weight is 374 g/mol. The molecule has 0 aliphatic heterocycles. The van der Waals surface area contributed by atoms with Gasteiger partial charge in [-0.05, 0) is 36.4 Å². The van der Waals surface area contributed by atoms with Crippen LogP contribution in [0.4, 0.5) is 18.9 Å². The van der Waals surface area contributed by atoms with Gasteiger partial charge < -0.3 is 15.2 Å². The van der Waals surface area contributed by atoms with Crippen LogP contribution in [0.3, 0.4) is 0 Å². The Morgan fingerprint density at radius 2 is 1.88 bits per heavy atom. The van der Waals surface area contributed by atoms with Crippen LogP contribution in [0.1, 0.15) is 15.9 Å². The lowest BCUT2D eigenvalue weighted by atomic mass is 10.1. The van der Waals surface area contributed by atoms with Crippen molar-refractivity contribution < 1.29 is 32.6 Å². The predicted molar refractivity (Wildman–Crippen MR) is 84.0 cm³/mol. The first-order chi connectivity index (χ1) is 11.7. The average Bonchev–Trinajstić information content (AvgIpc) is 2.53. The topological polar surface area (TPSA) is 75.6 Å². The fourth-order valence-electron chi connectivity index (χ4n) is 1.90. The molecule has 0 aliphatic rings. The van der Waals surface area contributed by atoms with Crippen LogP contribution in [0.2, 0.25) is 5.02 Å². The monoisotopic (exact) mass is 373 g/mol. The maximum Gasteiger partial charge on any atom is 0.416 e. The van der Waals surface area contributed by atoms with E-state index in [2.05, 4.69) is 5.32 Å². The highest BCUT2D eigenvalue weighted by Gasteiger charge is 2.31. The van der Waals surface area contributed by atoms with Gasteiger partial charge >= 0.3 is 12.1 Å². The molecule has 2 rings (SSSR count). The van der Waals surface area contributed by atoms with E-state index in [1.165, 1.54) is 24.3 Å². The molecule has 0 saturated carbocycles. The molecule has 25 heavy (non-hydrogen) atoms. The fraction of sp³-hybridized carbons (Fsp3) is 0.125. The number of alkyl halides is 3. The van der Waals surface area contributed by atoms with Crippen LogP contribution in [0.5, 0.6) is 5.75 Å². The van der Waals surface area contributed by atoms with Gasteiger partial charge in [-0.3, -0.25) is 4.79 Å². The molecule has 0 spiro atoms. The van der Waals surface area contributed by atoms with Gasteiger partial charge in [-0.25, -0.2) is 4.79 Å². The lowest BCUT2D eigenvalue weighted by molar-refractivity contribution is -0.139. The van der Waals surface area contributed by atoms with E-state index in [1.54, 1.807) is 0 Å². The Kier molecular flexibility index (Phi) is 5.53. The van der Waals surface area contributed by atoms with E-state index < -0.39 is 30.2 Å². The van der Waals surface area contributed by atoms with E-state index in [9.17, 15) is 22.8 Å². The van der Waals surface area contributed by atoms with Gasteiger partial charge in [-0.1, -0.05) is 17.7 Å². The molecule has 2 aromatic carbocycles. The summed E-state index contributed by atoms with van der Waals surface area (Å²) in [5.41, 5.74) is -1.15. The minimum absolute atomic E-state index is 0.0205. The van der Waals surface area contributed by atoms with Gasteiger partial charge in [-0.2, -0.15) is 13.2 Å². The fourth-order valence-corrected chi connectivity index (χ4v) is 2.07. The number of carboxylic acid groups (broad SMARTS) is 1. The Balaban J connectivity index is 2.25. The SMILES string of the molecule is O=C(O)COc1ccc(Cl)cc1NC(=O)c1cccc(C(F)(F)F)c1. The van der Waals surface area contributed by atoms with Gasteiger partial charge in [-0.15, -0.1) is 0 Å². The second-order valence-electron chi connectivity index (χ2n) is 4.86. The molecular weight excluding hydrogens is 363 g/mol. The number of benzene rings is 2. The molecule has 0 fully saturated rings. The predicted octanol–water partition coefficient (Wildman–Crippen LogP) is 4.07. The van der Waals surface area contributed by atoms with Crippen LogP contribution >= 0.6 is 11.6 Å². The Bertz CT molecular complexity index is 808. The minimum Gasteiger partial charge on any atom is -0.480 e. The highest BCUT2D eigenvalue weighted by molar-refractivity contribution is 6.31. The summed E-state index contributed by atoms with van der Waals surface area (Å²) in [5.74, 6) is -2.04. The lowest BCUT2D eigenvalue weighted by Gasteiger charge is -2.13. The summed E-state index contributed by atoms with van der Waals surface area (Å²) in [6.07, 6.45) is -4.58. The molecule has 2 aromatic rings. The Morgan fingerprint density at radius 3 is 2.52 bits per heavy atom. The first-order valence-corrected chi connectivity index (χ1v) is 7.17.